The van der Waals surface area contributed by atoms with Crippen LogP contribution in [0.4, 0.5) is 0 Å². The number of aliphatic carboxylic acids is 1. The molecule has 0 aliphatic heterocycles. The lowest BCUT2D eigenvalue weighted by atomic mass is 10.0. The molecule has 0 aliphatic carbocycles. The number of carboxylic acid groups (broad SMARTS) is 1. The number of rotatable bonds is 10. The third-order valence-electron chi connectivity index (χ3n) is 6.14. The molecule has 0 saturated heterocycles. The molecule has 0 aromatic heterocycles. The summed E-state index contributed by atoms with van der Waals surface area (Å²) in [4.78, 5) is 45.6. The first kappa shape index (κ1) is 34.4. The summed E-state index contributed by atoms with van der Waals surface area (Å²) in [7, 11) is 1.49. The second-order valence-electron chi connectivity index (χ2n) is 9.22. The van der Waals surface area contributed by atoms with Crippen LogP contribution in [0.3, 0.4) is 0 Å². The zero-order valence-corrected chi connectivity index (χ0v) is 25.8. The van der Waals surface area contributed by atoms with Crippen LogP contribution in [0.2, 0.25) is 10.0 Å². The van der Waals surface area contributed by atoms with Gasteiger partial charge in [-0.05, 0) is 77.7 Å². The Hall–Kier alpha value is -5.06. The van der Waals surface area contributed by atoms with E-state index in [2.05, 4.69) is 10.6 Å². The number of hydrogen-bond donors (Lipinski definition) is 4. The average molecular weight is 654 g/mol. The normalized spacial score (nSPS) is 10.1. The number of phenolic OH excluding ortho intramolecular Hbond substituents is 1. The molecule has 12 heteroatoms. The molecule has 4 aromatic rings. The summed E-state index contributed by atoms with van der Waals surface area (Å²) in [5, 5.41) is 24.4. The molecule has 10 nitrogen and oxygen atoms in total. The van der Waals surface area contributed by atoms with Gasteiger partial charge >= 0.3 is 11.9 Å². The number of amides is 2. The van der Waals surface area contributed by atoms with Gasteiger partial charge < -0.3 is 30.3 Å². The van der Waals surface area contributed by atoms with Gasteiger partial charge in [-0.2, -0.15) is 0 Å². The lowest BCUT2D eigenvalue weighted by Gasteiger charge is -2.11. The molecule has 0 unspecified atom stereocenters. The molecule has 4 aromatic carbocycles. The topological polar surface area (TPSA) is 151 Å². The van der Waals surface area contributed by atoms with Crippen molar-refractivity contribution < 1.29 is 38.9 Å². The largest absolute Gasteiger partial charge is 0.507 e. The van der Waals surface area contributed by atoms with Crippen LogP contribution in [0.5, 0.6) is 11.5 Å². The van der Waals surface area contributed by atoms with Gasteiger partial charge in [-0.15, -0.1) is 0 Å². The van der Waals surface area contributed by atoms with E-state index in [1.807, 2.05) is 18.2 Å². The predicted octanol–water partition coefficient (Wildman–Crippen LogP) is 5.84. The summed E-state index contributed by atoms with van der Waals surface area (Å²) in [6.45, 7) is 1.29. The van der Waals surface area contributed by atoms with Crippen molar-refractivity contribution in [3.63, 3.8) is 0 Å². The van der Waals surface area contributed by atoms with E-state index in [9.17, 15) is 24.3 Å². The average Bonchev–Trinajstić information content (AvgIpc) is 3.03. The van der Waals surface area contributed by atoms with Gasteiger partial charge in [-0.3, -0.25) is 19.2 Å². The summed E-state index contributed by atoms with van der Waals surface area (Å²) in [6, 6.07) is 24.2. The van der Waals surface area contributed by atoms with Crippen LogP contribution < -0.4 is 15.4 Å². The van der Waals surface area contributed by atoms with Gasteiger partial charge in [-0.1, -0.05) is 59.6 Å². The van der Waals surface area contributed by atoms with Crippen LogP contribution >= 0.6 is 23.2 Å². The summed E-state index contributed by atoms with van der Waals surface area (Å²) in [5.74, 6) is -2.47. The number of carboxylic acids is 1. The monoisotopic (exact) mass is 652 g/mol. The molecule has 0 heterocycles. The minimum absolute atomic E-state index is 0.0222. The number of hydrogen-bond acceptors (Lipinski definition) is 7. The molecule has 45 heavy (non-hydrogen) atoms. The van der Waals surface area contributed by atoms with Crippen molar-refractivity contribution in [2.45, 2.75) is 6.92 Å². The number of methoxy groups -OCH3 is 1. The molecule has 0 atom stereocenters. The predicted molar refractivity (Wildman–Crippen MR) is 171 cm³/mol. The maximum absolute atomic E-state index is 12.2. The van der Waals surface area contributed by atoms with Crippen molar-refractivity contribution in [1.82, 2.24) is 10.6 Å². The van der Waals surface area contributed by atoms with E-state index in [-0.39, 0.29) is 24.5 Å². The third-order valence-corrected chi connectivity index (χ3v) is 6.65. The Morgan fingerprint density at radius 1 is 0.689 bits per heavy atom. The van der Waals surface area contributed by atoms with Gasteiger partial charge in [0.2, 0.25) is 0 Å². The van der Waals surface area contributed by atoms with Crippen molar-refractivity contribution >= 4 is 47.0 Å². The van der Waals surface area contributed by atoms with Crippen LogP contribution in [0.25, 0.3) is 22.3 Å². The van der Waals surface area contributed by atoms with E-state index in [1.54, 1.807) is 61.5 Å². The van der Waals surface area contributed by atoms with Gasteiger partial charge in [0, 0.05) is 10.0 Å². The quantitative estimate of drug-likeness (QED) is 0.156. The number of esters is 1. The van der Waals surface area contributed by atoms with E-state index >= 15 is 0 Å². The zero-order chi connectivity index (χ0) is 32.9. The standard InChI is InChI=1S/C18H18ClNO4.C15H12ClNO4/c1-3-24-17(21)11-20-18(22)15-9-6-13(10-16(15)23-2)12-4-7-14(19)8-5-12;16-11-4-1-9(2-5-11)10-3-6-12(13(18)7-10)15(21)17-8-14(19)20/h4-10H,3,11H2,1-2H3,(H,20,22);1-7,18H,8H2,(H,17,21)(H,19,20). The highest BCUT2D eigenvalue weighted by Gasteiger charge is 2.15. The number of halogens is 2. The molecule has 4 N–H and O–H groups in total. The van der Waals surface area contributed by atoms with Gasteiger partial charge in [0.15, 0.2) is 0 Å². The van der Waals surface area contributed by atoms with Crippen molar-refractivity contribution in [3.05, 3.63) is 106 Å². The van der Waals surface area contributed by atoms with E-state index in [0.717, 1.165) is 22.3 Å². The molecule has 0 spiro atoms. The second kappa shape index (κ2) is 16.7. The van der Waals surface area contributed by atoms with Gasteiger partial charge in [0.05, 0.1) is 24.8 Å². The summed E-state index contributed by atoms with van der Waals surface area (Å²) < 4.78 is 10.1. The Morgan fingerprint density at radius 2 is 1.16 bits per heavy atom. The molecule has 2 amide bonds. The van der Waals surface area contributed by atoms with Gasteiger partial charge in [-0.25, -0.2) is 0 Å². The van der Waals surface area contributed by atoms with Crippen LogP contribution in [0, 0.1) is 0 Å². The molecule has 0 fully saturated rings. The SMILES string of the molecule is CCOC(=O)CNC(=O)c1ccc(-c2ccc(Cl)cc2)cc1OC.O=C(O)CNC(=O)c1ccc(-c2ccc(Cl)cc2)cc1O. The van der Waals surface area contributed by atoms with Crippen molar-refractivity contribution in [3.8, 4) is 33.8 Å². The summed E-state index contributed by atoms with van der Waals surface area (Å²) in [5.41, 5.74) is 3.78. The maximum atomic E-state index is 12.2. The molecule has 0 saturated carbocycles. The molecule has 234 valence electrons. The Bertz CT molecular complexity index is 1660. The van der Waals surface area contributed by atoms with Crippen LogP contribution in [0.15, 0.2) is 84.9 Å². The highest BCUT2D eigenvalue weighted by molar-refractivity contribution is 6.31. The molecular weight excluding hydrogens is 623 g/mol. The second-order valence-corrected chi connectivity index (χ2v) is 10.1. The van der Waals surface area contributed by atoms with Crippen molar-refractivity contribution in [2.75, 3.05) is 26.8 Å². The maximum Gasteiger partial charge on any atom is 0.325 e. The third kappa shape index (κ3) is 10.3. The Morgan fingerprint density at radius 3 is 1.64 bits per heavy atom. The minimum Gasteiger partial charge on any atom is -0.507 e. The minimum atomic E-state index is -1.15. The summed E-state index contributed by atoms with van der Waals surface area (Å²) in [6.07, 6.45) is 0. The Labute approximate surface area is 269 Å². The Balaban J connectivity index is 0.000000248. The lowest BCUT2D eigenvalue weighted by molar-refractivity contribution is -0.141. The van der Waals surface area contributed by atoms with Crippen LogP contribution in [-0.4, -0.2) is 60.8 Å². The van der Waals surface area contributed by atoms with E-state index in [0.29, 0.717) is 21.4 Å². The van der Waals surface area contributed by atoms with Gasteiger partial charge in [0.1, 0.15) is 24.6 Å². The van der Waals surface area contributed by atoms with Crippen LogP contribution in [0.1, 0.15) is 27.6 Å². The highest BCUT2D eigenvalue weighted by atomic mass is 35.5. The fraction of sp³-hybridized carbons (Fsp3) is 0.152. The number of benzene rings is 4. The molecule has 0 aliphatic rings. The number of ether oxygens (including phenoxy) is 2. The van der Waals surface area contributed by atoms with Crippen molar-refractivity contribution in [1.29, 1.82) is 0 Å². The molecule has 0 radical (unpaired) electrons. The smallest absolute Gasteiger partial charge is 0.325 e. The lowest BCUT2D eigenvalue weighted by Crippen LogP contribution is -2.30. The number of aromatic hydroxyl groups is 1. The Kier molecular flexibility index (Phi) is 12.8. The number of carbonyl (C=O) groups is 4. The first-order valence-corrected chi connectivity index (χ1v) is 14.2. The fourth-order valence-corrected chi connectivity index (χ4v) is 4.21. The zero-order valence-electron chi connectivity index (χ0n) is 24.3. The van der Waals surface area contributed by atoms with Crippen LogP contribution in [-0.2, 0) is 14.3 Å². The first-order chi connectivity index (χ1) is 21.5. The highest BCUT2D eigenvalue weighted by Crippen LogP contribution is 2.29. The number of phenols is 1. The fourth-order valence-electron chi connectivity index (χ4n) is 3.96. The molecular formula is C33H30Cl2N2O8. The number of carbonyl (C=O) groups excluding carboxylic acids is 3. The van der Waals surface area contributed by atoms with Crippen molar-refractivity contribution in [2.24, 2.45) is 0 Å². The summed E-state index contributed by atoms with van der Waals surface area (Å²) >= 11 is 11.7. The van der Waals surface area contributed by atoms with E-state index in [1.165, 1.54) is 19.2 Å². The first-order valence-electron chi connectivity index (χ1n) is 13.5. The molecule has 0 bridgehead atoms. The number of nitrogens with one attached hydrogen (secondary N) is 2. The van der Waals surface area contributed by atoms with Gasteiger partial charge in [0.25, 0.3) is 11.8 Å². The molecule has 4 rings (SSSR count). The van der Waals surface area contributed by atoms with E-state index < -0.39 is 30.3 Å². The van der Waals surface area contributed by atoms with E-state index in [4.69, 9.17) is 37.8 Å².